The Labute approximate surface area is 192 Å². The van der Waals surface area contributed by atoms with Gasteiger partial charge in [0, 0.05) is 55.9 Å². The topological polar surface area (TPSA) is 95.5 Å². The second-order valence-electron chi connectivity index (χ2n) is 7.97. The summed E-state index contributed by atoms with van der Waals surface area (Å²) in [5.41, 5.74) is 0.931. The van der Waals surface area contributed by atoms with Gasteiger partial charge in [-0.15, -0.1) is 11.3 Å². The lowest BCUT2D eigenvalue weighted by Crippen LogP contribution is -2.45. The molecular weight excluding hydrogens is 426 g/mol. The van der Waals surface area contributed by atoms with E-state index in [0.717, 1.165) is 67.9 Å². The molecule has 2 aromatic rings. The molecule has 0 aromatic carbocycles. The van der Waals surface area contributed by atoms with Crippen molar-refractivity contribution in [3.8, 4) is 11.8 Å². The Morgan fingerprint density at radius 2 is 2.16 bits per heavy atom. The molecule has 4 rings (SSSR count). The second-order valence-corrected chi connectivity index (χ2v) is 9.20. The van der Waals surface area contributed by atoms with E-state index >= 15 is 0 Å². The molecule has 0 spiro atoms. The number of rotatable bonds is 6. The second kappa shape index (κ2) is 10.7. The summed E-state index contributed by atoms with van der Waals surface area (Å²) in [6.45, 7) is 9.03. The molecule has 0 bridgehead atoms. The zero-order valence-corrected chi connectivity index (χ0v) is 19.4. The van der Waals surface area contributed by atoms with Crippen LogP contribution in [-0.4, -0.2) is 76.1 Å². The maximum Gasteiger partial charge on any atom is 0.298 e. The molecule has 10 heteroatoms. The van der Waals surface area contributed by atoms with E-state index in [1.807, 2.05) is 19.2 Å². The van der Waals surface area contributed by atoms with Gasteiger partial charge in [-0.3, -0.25) is 9.69 Å². The molecule has 170 valence electrons. The number of carbonyl (C=O) groups is 1. The van der Waals surface area contributed by atoms with Crippen LogP contribution in [0.4, 0.5) is 16.9 Å². The fourth-order valence-electron chi connectivity index (χ4n) is 3.87. The van der Waals surface area contributed by atoms with E-state index in [1.165, 1.54) is 0 Å². The first-order valence-electron chi connectivity index (χ1n) is 10.9. The van der Waals surface area contributed by atoms with Crippen molar-refractivity contribution in [2.45, 2.75) is 39.3 Å². The quantitative estimate of drug-likeness (QED) is 0.641. The number of thiazole rings is 1. The minimum Gasteiger partial charge on any atom is -0.379 e. The molecule has 0 saturated carbocycles. The first kappa shape index (κ1) is 22.5. The minimum atomic E-state index is -0.123. The van der Waals surface area contributed by atoms with Crippen molar-refractivity contribution < 1.29 is 9.53 Å². The first-order chi connectivity index (χ1) is 15.6. The van der Waals surface area contributed by atoms with Crippen LogP contribution in [0.1, 0.15) is 30.3 Å². The molecule has 0 radical (unpaired) electrons. The summed E-state index contributed by atoms with van der Waals surface area (Å²) in [6, 6.07) is 2.06. The van der Waals surface area contributed by atoms with Crippen molar-refractivity contribution in [3.05, 3.63) is 22.8 Å². The zero-order chi connectivity index (χ0) is 22.3. The number of anilines is 3. The van der Waals surface area contributed by atoms with Gasteiger partial charge in [-0.1, -0.05) is 5.92 Å². The highest BCUT2D eigenvalue weighted by molar-refractivity contribution is 7.15. The number of ether oxygens (including phenoxy) is 1. The van der Waals surface area contributed by atoms with Gasteiger partial charge in [0.05, 0.1) is 18.9 Å². The van der Waals surface area contributed by atoms with Gasteiger partial charge in [-0.2, -0.15) is 4.98 Å². The average Bonchev–Trinajstić information content (AvgIpc) is 3.19. The molecule has 0 aliphatic carbocycles. The Balaban J connectivity index is 1.51. The number of amides is 1. The smallest absolute Gasteiger partial charge is 0.298 e. The number of nitrogens with one attached hydrogen (secondary N) is 2. The number of carbonyl (C=O) groups excluding carboxylic acids is 1. The lowest BCUT2D eigenvalue weighted by molar-refractivity contribution is -0.126. The van der Waals surface area contributed by atoms with Crippen molar-refractivity contribution >= 4 is 34.1 Å². The van der Waals surface area contributed by atoms with E-state index in [1.54, 1.807) is 23.2 Å². The monoisotopic (exact) mass is 455 g/mol. The van der Waals surface area contributed by atoms with Gasteiger partial charge in [0.2, 0.25) is 5.95 Å². The number of aromatic nitrogens is 3. The van der Waals surface area contributed by atoms with Gasteiger partial charge >= 0.3 is 0 Å². The standard InChI is InChI=1S/C22H29N7O2S/c1-3-5-20(30)29-7-4-6-17(15-29)24-21-25-18(14-28-8-10-31-11-9-28)12-19(26-21)27-22-23-13-16(2)32-22/h12-13,17H,4,6-11,14-15H2,1-2H3,(H2,23,24,25,26,27)/t17-/m0/s1. The third-order valence-corrected chi connectivity index (χ3v) is 6.23. The van der Waals surface area contributed by atoms with Crippen LogP contribution in [0.15, 0.2) is 12.3 Å². The Bertz CT molecular complexity index is 994. The molecule has 2 fully saturated rings. The predicted octanol–water partition coefficient (Wildman–Crippen LogP) is 2.24. The van der Waals surface area contributed by atoms with E-state index in [-0.39, 0.29) is 11.9 Å². The summed E-state index contributed by atoms with van der Waals surface area (Å²) in [5.74, 6) is 6.48. The average molecular weight is 456 g/mol. The summed E-state index contributed by atoms with van der Waals surface area (Å²) in [5, 5.41) is 7.57. The van der Waals surface area contributed by atoms with Crippen molar-refractivity contribution in [2.24, 2.45) is 0 Å². The summed E-state index contributed by atoms with van der Waals surface area (Å²) in [4.78, 5) is 31.3. The SMILES string of the molecule is CC#CC(=O)N1CCC[C@H](Nc2nc(CN3CCOCC3)cc(Nc3ncc(C)s3)n2)C1. The van der Waals surface area contributed by atoms with Crippen LogP contribution in [0.5, 0.6) is 0 Å². The third-order valence-electron chi connectivity index (χ3n) is 5.40. The Morgan fingerprint density at radius 3 is 2.91 bits per heavy atom. The number of likely N-dealkylation sites (tertiary alicyclic amines) is 1. The van der Waals surface area contributed by atoms with Gasteiger partial charge in [0.25, 0.3) is 5.91 Å². The molecule has 2 aliphatic heterocycles. The molecule has 4 heterocycles. The van der Waals surface area contributed by atoms with E-state index in [0.29, 0.717) is 18.3 Å². The Morgan fingerprint density at radius 1 is 1.31 bits per heavy atom. The van der Waals surface area contributed by atoms with Crippen LogP contribution in [0.2, 0.25) is 0 Å². The highest BCUT2D eigenvalue weighted by Gasteiger charge is 2.24. The molecule has 2 N–H and O–H groups in total. The van der Waals surface area contributed by atoms with E-state index < -0.39 is 0 Å². The normalized spacial score (nSPS) is 19.2. The minimum absolute atomic E-state index is 0.0833. The maximum atomic E-state index is 12.2. The lowest BCUT2D eigenvalue weighted by atomic mass is 10.1. The van der Waals surface area contributed by atoms with Crippen molar-refractivity contribution in [3.63, 3.8) is 0 Å². The van der Waals surface area contributed by atoms with Crippen LogP contribution in [-0.2, 0) is 16.1 Å². The molecule has 2 aromatic heterocycles. The highest BCUT2D eigenvalue weighted by Crippen LogP contribution is 2.23. The number of morpholine rings is 1. The van der Waals surface area contributed by atoms with Crippen molar-refractivity contribution in [2.75, 3.05) is 50.0 Å². The number of hydrogen-bond acceptors (Lipinski definition) is 9. The predicted molar refractivity (Wildman–Crippen MR) is 125 cm³/mol. The largest absolute Gasteiger partial charge is 0.379 e. The molecule has 1 atom stereocenters. The summed E-state index contributed by atoms with van der Waals surface area (Å²) < 4.78 is 5.47. The van der Waals surface area contributed by atoms with Crippen LogP contribution in [0.25, 0.3) is 0 Å². The van der Waals surface area contributed by atoms with E-state index in [9.17, 15) is 4.79 Å². The Kier molecular flexibility index (Phi) is 7.52. The van der Waals surface area contributed by atoms with Crippen molar-refractivity contribution in [1.82, 2.24) is 24.8 Å². The van der Waals surface area contributed by atoms with Crippen LogP contribution in [0, 0.1) is 18.8 Å². The fraction of sp³-hybridized carbons (Fsp3) is 0.545. The zero-order valence-electron chi connectivity index (χ0n) is 18.6. The van der Waals surface area contributed by atoms with E-state index in [2.05, 4.69) is 32.4 Å². The summed E-state index contributed by atoms with van der Waals surface area (Å²) in [7, 11) is 0. The van der Waals surface area contributed by atoms with Gasteiger partial charge < -0.3 is 20.3 Å². The molecule has 0 unspecified atom stereocenters. The van der Waals surface area contributed by atoms with Crippen LogP contribution in [0.3, 0.4) is 0 Å². The number of nitrogens with zero attached hydrogens (tertiary/aromatic N) is 5. The Hall–Kier alpha value is -2.74. The van der Waals surface area contributed by atoms with E-state index in [4.69, 9.17) is 14.7 Å². The highest BCUT2D eigenvalue weighted by atomic mass is 32.1. The molecule has 9 nitrogen and oxygen atoms in total. The molecule has 1 amide bonds. The molecule has 32 heavy (non-hydrogen) atoms. The molecular formula is C22H29N7O2S. The van der Waals surface area contributed by atoms with Crippen molar-refractivity contribution in [1.29, 1.82) is 0 Å². The number of aryl methyl sites for hydroxylation is 1. The maximum absolute atomic E-state index is 12.2. The number of hydrogen-bond donors (Lipinski definition) is 2. The summed E-state index contributed by atoms with van der Waals surface area (Å²) in [6.07, 6.45) is 3.72. The van der Waals surface area contributed by atoms with Gasteiger partial charge in [-0.05, 0) is 32.6 Å². The van der Waals surface area contributed by atoms with Gasteiger partial charge in [0.1, 0.15) is 5.82 Å². The fourth-order valence-corrected chi connectivity index (χ4v) is 4.54. The molecule has 2 saturated heterocycles. The number of piperidine rings is 1. The van der Waals surface area contributed by atoms with Crippen LogP contribution < -0.4 is 10.6 Å². The van der Waals surface area contributed by atoms with Gasteiger partial charge in [-0.25, -0.2) is 9.97 Å². The van der Waals surface area contributed by atoms with Crippen LogP contribution >= 0.6 is 11.3 Å². The first-order valence-corrected chi connectivity index (χ1v) is 11.8. The van der Waals surface area contributed by atoms with Gasteiger partial charge in [0.15, 0.2) is 5.13 Å². The summed E-state index contributed by atoms with van der Waals surface area (Å²) >= 11 is 1.59. The third kappa shape index (κ3) is 6.16. The molecule has 2 aliphatic rings. The lowest BCUT2D eigenvalue weighted by Gasteiger charge is -2.32.